The summed E-state index contributed by atoms with van der Waals surface area (Å²) in [6.45, 7) is -0.153. The van der Waals surface area contributed by atoms with Gasteiger partial charge in [-0.05, 0) is 0 Å². The maximum absolute atomic E-state index is 9.04. The lowest BCUT2D eigenvalue weighted by atomic mass is 10.1. The lowest BCUT2D eigenvalue weighted by Gasteiger charge is -2.14. The molecule has 5 nitrogen and oxygen atoms in total. The molecule has 0 aromatic heterocycles. The maximum Gasteiger partial charge on any atom is 0.181 e. The molecule has 0 aliphatic carbocycles. The Balaban J connectivity index is 2.51. The van der Waals surface area contributed by atoms with E-state index in [0.29, 0.717) is 0 Å². The van der Waals surface area contributed by atoms with E-state index in [1.165, 1.54) is 0 Å². The van der Waals surface area contributed by atoms with E-state index in [1.807, 2.05) is 0 Å². The molecule has 1 heterocycles. The second-order valence-electron chi connectivity index (χ2n) is 2.66. The summed E-state index contributed by atoms with van der Waals surface area (Å²) in [4.78, 5) is 0. The summed E-state index contributed by atoms with van der Waals surface area (Å²) in [5.74, 6) is 0. The van der Waals surface area contributed by atoms with Crippen molar-refractivity contribution < 1.29 is 25.2 Å². The Morgan fingerprint density at radius 2 is 1.55 bits per heavy atom. The Bertz CT molecular complexity index is 114. The Labute approximate surface area is 63.8 Å². The average Bonchev–Trinajstić information content (AvgIpc) is 2.05. The largest absolute Gasteiger partial charge is 0.390 e. The predicted octanol–water partition coefficient (Wildman–Crippen LogP) is -2.19. The molecule has 66 valence electrons. The fourth-order valence-electron chi connectivity index (χ4n) is 0.940. The van der Waals surface area contributed by atoms with Crippen molar-refractivity contribution >= 4 is 0 Å². The molecule has 0 bridgehead atoms. The number of ether oxygens (including phenoxy) is 1. The van der Waals surface area contributed by atoms with Crippen molar-refractivity contribution in [1.82, 2.24) is 0 Å². The molecule has 0 radical (unpaired) electrons. The van der Waals surface area contributed by atoms with Crippen molar-refractivity contribution in [2.75, 3.05) is 6.61 Å². The molecule has 1 saturated heterocycles. The van der Waals surface area contributed by atoms with E-state index >= 15 is 0 Å². The standard InChI is InChI=1S/C6H12O5/c7-3-1-4(8)6(10)11-2-5(3)9/h3-10H,1-2H2/t3?,4?,5?,6-/m1/s1. The highest BCUT2D eigenvalue weighted by Crippen LogP contribution is 2.13. The molecule has 0 amide bonds. The quantitative estimate of drug-likeness (QED) is 0.326. The van der Waals surface area contributed by atoms with Gasteiger partial charge in [-0.3, -0.25) is 0 Å². The number of rotatable bonds is 0. The third kappa shape index (κ3) is 2.11. The zero-order chi connectivity index (χ0) is 8.43. The van der Waals surface area contributed by atoms with Crippen molar-refractivity contribution in [1.29, 1.82) is 0 Å². The lowest BCUT2D eigenvalue weighted by Crippen LogP contribution is -2.30. The molecule has 0 aromatic rings. The van der Waals surface area contributed by atoms with Crippen LogP contribution in [0.25, 0.3) is 0 Å². The summed E-state index contributed by atoms with van der Waals surface area (Å²) in [7, 11) is 0. The van der Waals surface area contributed by atoms with E-state index in [-0.39, 0.29) is 13.0 Å². The molecule has 5 heteroatoms. The summed E-state index contributed by atoms with van der Waals surface area (Å²) in [5, 5.41) is 35.9. The zero-order valence-corrected chi connectivity index (χ0v) is 5.92. The Hall–Kier alpha value is -0.200. The minimum Gasteiger partial charge on any atom is -0.390 e. The van der Waals surface area contributed by atoms with Crippen LogP contribution in [0.5, 0.6) is 0 Å². The second-order valence-corrected chi connectivity index (χ2v) is 2.66. The molecule has 4 atom stereocenters. The number of aliphatic hydroxyl groups excluding tert-OH is 4. The first kappa shape index (κ1) is 8.89. The third-order valence-electron chi connectivity index (χ3n) is 1.69. The van der Waals surface area contributed by atoms with Crippen LogP contribution in [0, 0.1) is 0 Å². The van der Waals surface area contributed by atoms with Crippen molar-refractivity contribution in [2.24, 2.45) is 0 Å². The van der Waals surface area contributed by atoms with Crippen LogP contribution >= 0.6 is 0 Å². The summed E-state index contributed by atoms with van der Waals surface area (Å²) >= 11 is 0. The fraction of sp³-hybridized carbons (Fsp3) is 1.00. The van der Waals surface area contributed by atoms with Crippen LogP contribution in [0.4, 0.5) is 0 Å². The minimum atomic E-state index is -1.30. The van der Waals surface area contributed by atoms with Crippen LogP contribution in [-0.2, 0) is 4.74 Å². The average molecular weight is 164 g/mol. The highest BCUT2D eigenvalue weighted by molar-refractivity contribution is 4.76. The van der Waals surface area contributed by atoms with E-state index in [9.17, 15) is 0 Å². The van der Waals surface area contributed by atoms with Gasteiger partial charge >= 0.3 is 0 Å². The van der Waals surface area contributed by atoms with E-state index in [4.69, 9.17) is 20.4 Å². The molecular weight excluding hydrogens is 152 g/mol. The summed E-state index contributed by atoms with van der Waals surface area (Å²) in [5.41, 5.74) is 0. The van der Waals surface area contributed by atoms with E-state index in [1.54, 1.807) is 0 Å². The molecule has 0 aromatic carbocycles. The Morgan fingerprint density at radius 3 is 2.18 bits per heavy atom. The number of hydrogen-bond donors (Lipinski definition) is 4. The molecule has 1 aliphatic rings. The molecular formula is C6H12O5. The van der Waals surface area contributed by atoms with E-state index in [0.717, 1.165) is 0 Å². The van der Waals surface area contributed by atoms with Gasteiger partial charge in [-0.25, -0.2) is 0 Å². The molecule has 4 N–H and O–H groups in total. The van der Waals surface area contributed by atoms with E-state index < -0.39 is 24.6 Å². The van der Waals surface area contributed by atoms with Crippen LogP contribution in [-0.4, -0.2) is 51.6 Å². The van der Waals surface area contributed by atoms with Crippen LogP contribution in [0.1, 0.15) is 6.42 Å². The molecule has 0 saturated carbocycles. The summed E-state index contributed by atoms with van der Waals surface area (Å²) < 4.78 is 4.59. The van der Waals surface area contributed by atoms with Gasteiger partial charge in [0.05, 0.1) is 12.7 Å². The highest BCUT2D eigenvalue weighted by atomic mass is 16.6. The third-order valence-corrected chi connectivity index (χ3v) is 1.69. The van der Waals surface area contributed by atoms with Crippen LogP contribution in [0.15, 0.2) is 0 Å². The van der Waals surface area contributed by atoms with Gasteiger partial charge < -0.3 is 25.2 Å². The SMILES string of the molecule is OC1CO[C@@H](O)C(O)CC1O. The number of aliphatic hydroxyl groups is 4. The van der Waals surface area contributed by atoms with Crippen LogP contribution < -0.4 is 0 Å². The summed E-state index contributed by atoms with van der Waals surface area (Å²) in [6, 6.07) is 0. The van der Waals surface area contributed by atoms with Gasteiger partial charge in [0.2, 0.25) is 0 Å². The van der Waals surface area contributed by atoms with Gasteiger partial charge in [0.15, 0.2) is 6.29 Å². The lowest BCUT2D eigenvalue weighted by molar-refractivity contribution is -0.160. The highest BCUT2D eigenvalue weighted by Gasteiger charge is 2.29. The van der Waals surface area contributed by atoms with Crippen molar-refractivity contribution in [3.63, 3.8) is 0 Å². The molecule has 11 heavy (non-hydrogen) atoms. The van der Waals surface area contributed by atoms with Gasteiger partial charge in [-0.15, -0.1) is 0 Å². The van der Waals surface area contributed by atoms with Gasteiger partial charge in [-0.1, -0.05) is 0 Å². The Kier molecular flexibility index (Phi) is 2.80. The second kappa shape index (κ2) is 3.46. The first-order valence-electron chi connectivity index (χ1n) is 3.45. The predicted molar refractivity (Wildman–Crippen MR) is 34.6 cm³/mol. The first-order valence-corrected chi connectivity index (χ1v) is 3.45. The zero-order valence-electron chi connectivity index (χ0n) is 5.92. The maximum atomic E-state index is 9.04. The van der Waals surface area contributed by atoms with Crippen LogP contribution in [0.3, 0.4) is 0 Å². The Morgan fingerprint density at radius 1 is 0.909 bits per heavy atom. The smallest absolute Gasteiger partial charge is 0.181 e. The van der Waals surface area contributed by atoms with Crippen molar-refractivity contribution in [2.45, 2.75) is 31.0 Å². The van der Waals surface area contributed by atoms with Gasteiger partial charge in [0, 0.05) is 6.42 Å². The fourth-order valence-corrected chi connectivity index (χ4v) is 0.940. The molecule has 0 spiro atoms. The monoisotopic (exact) mass is 164 g/mol. The van der Waals surface area contributed by atoms with Crippen LogP contribution in [0.2, 0.25) is 0 Å². The molecule has 1 fully saturated rings. The van der Waals surface area contributed by atoms with Crippen molar-refractivity contribution in [3.8, 4) is 0 Å². The van der Waals surface area contributed by atoms with Gasteiger partial charge in [0.25, 0.3) is 0 Å². The molecule has 3 unspecified atom stereocenters. The summed E-state index contributed by atoms with van der Waals surface area (Å²) in [6.07, 6.45) is -4.55. The molecule has 1 rings (SSSR count). The molecule has 1 aliphatic heterocycles. The number of hydrogen-bond acceptors (Lipinski definition) is 5. The first-order chi connectivity index (χ1) is 5.11. The topological polar surface area (TPSA) is 90.2 Å². The van der Waals surface area contributed by atoms with Crippen molar-refractivity contribution in [3.05, 3.63) is 0 Å². The van der Waals surface area contributed by atoms with Gasteiger partial charge in [0.1, 0.15) is 12.2 Å². The van der Waals surface area contributed by atoms with Gasteiger partial charge in [-0.2, -0.15) is 0 Å². The normalized spacial score (nSPS) is 46.9. The van der Waals surface area contributed by atoms with E-state index in [2.05, 4.69) is 4.74 Å². The minimum absolute atomic E-state index is 0.0671.